The Morgan fingerprint density at radius 1 is 1.56 bits per heavy atom. The van der Waals surface area contributed by atoms with E-state index in [0.29, 0.717) is 11.6 Å². The van der Waals surface area contributed by atoms with Crippen LogP contribution in [0.5, 0.6) is 0 Å². The van der Waals surface area contributed by atoms with Crippen LogP contribution in [-0.4, -0.2) is 31.6 Å². The number of halogens is 1. The fourth-order valence-corrected chi connectivity index (χ4v) is 2.36. The number of nitrogens with zero attached hydrogens (tertiary/aromatic N) is 1. The van der Waals surface area contributed by atoms with Crippen molar-refractivity contribution in [2.45, 2.75) is 12.5 Å². The number of likely N-dealkylation sites (N-methyl/N-ethyl adjacent to an activating group) is 1. The summed E-state index contributed by atoms with van der Waals surface area (Å²) in [5.74, 6) is -0.383. The van der Waals surface area contributed by atoms with Crippen molar-refractivity contribution in [3.63, 3.8) is 0 Å². The predicted octanol–water partition coefficient (Wildman–Crippen LogP) is 2.04. The zero-order valence-corrected chi connectivity index (χ0v) is 10.1. The van der Waals surface area contributed by atoms with Crippen LogP contribution in [0.25, 0.3) is 0 Å². The molecule has 4 heteroatoms. The molecule has 86 valence electrons. The topological polar surface area (TPSA) is 29.5 Å². The van der Waals surface area contributed by atoms with E-state index in [2.05, 4.69) is 4.90 Å². The molecule has 0 N–H and O–H groups in total. The number of rotatable bonds is 1. The van der Waals surface area contributed by atoms with Gasteiger partial charge in [-0.25, -0.2) is 0 Å². The van der Waals surface area contributed by atoms with Crippen molar-refractivity contribution in [2.75, 3.05) is 20.7 Å². The summed E-state index contributed by atoms with van der Waals surface area (Å²) in [7, 11) is 3.41. The second-order valence-corrected chi connectivity index (χ2v) is 4.55. The highest BCUT2D eigenvalue weighted by Gasteiger charge is 2.29. The number of esters is 1. The molecule has 0 amide bonds. The first-order valence-electron chi connectivity index (χ1n) is 5.16. The largest absolute Gasteiger partial charge is 0.469 e. The smallest absolute Gasteiger partial charge is 0.314 e. The molecule has 0 spiro atoms. The highest BCUT2D eigenvalue weighted by molar-refractivity contribution is 6.30. The lowest BCUT2D eigenvalue weighted by molar-refractivity contribution is -0.143. The molecule has 0 saturated heterocycles. The van der Waals surface area contributed by atoms with E-state index >= 15 is 0 Å². The first-order chi connectivity index (χ1) is 7.61. The van der Waals surface area contributed by atoms with Crippen molar-refractivity contribution in [1.29, 1.82) is 0 Å². The van der Waals surface area contributed by atoms with Gasteiger partial charge in [0.15, 0.2) is 0 Å². The lowest BCUT2D eigenvalue weighted by Gasteiger charge is -2.30. The van der Waals surface area contributed by atoms with Crippen molar-refractivity contribution in [2.24, 2.45) is 0 Å². The van der Waals surface area contributed by atoms with Gasteiger partial charge in [0, 0.05) is 18.1 Å². The van der Waals surface area contributed by atoms with Gasteiger partial charge < -0.3 is 9.64 Å². The Labute approximate surface area is 100.0 Å². The monoisotopic (exact) mass is 239 g/mol. The van der Waals surface area contributed by atoms with Gasteiger partial charge in [-0.2, -0.15) is 0 Å². The molecular weight excluding hydrogens is 226 g/mol. The van der Waals surface area contributed by atoms with E-state index in [1.165, 1.54) is 7.11 Å². The Hall–Kier alpha value is -1.06. The number of methoxy groups -OCH3 is 1. The molecule has 0 saturated carbocycles. The van der Waals surface area contributed by atoms with E-state index in [4.69, 9.17) is 16.3 Å². The Morgan fingerprint density at radius 3 is 3.00 bits per heavy atom. The van der Waals surface area contributed by atoms with Gasteiger partial charge in [-0.05, 0) is 30.3 Å². The summed E-state index contributed by atoms with van der Waals surface area (Å²) < 4.78 is 4.83. The van der Waals surface area contributed by atoms with Gasteiger partial charge in [-0.1, -0.05) is 17.7 Å². The maximum Gasteiger partial charge on any atom is 0.314 e. The van der Waals surface area contributed by atoms with Gasteiger partial charge >= 0.3 is 5.97 Å². The summed E-state index contributed by atoms with van der Waals surface area (Å²) in [5, 5.41) is 0.706. The summed E-state index contributed by atoms with van der Waals surface area (Å²) in [6.45, 7) is 1.52. The summed E-state index contributed by atoms with van der Waals surface area (Å²) in [6.07, 6.45) is 0. The maximum absolute atomic E-state index is 11.7. The van der Waals surface area contributed by atoms with Crippen LogP contribution >= 0.6 is 11.6 Å². The van der Waals surface area contributed by atoms with Gasteiger partial charge in [-0.15, -0.1) is 0 Å². The Kier molecular flexibility index (Phi) is 3.17. The molecule has 1 aromatic rings. The Bertz CT molecular complexity index is 419. The van der Waals surface area contributed by atoms with Gasteiger partial charge in [0.2, 0.25) is 0 Å². The van der Waals surface area contributed by atoms with Crippen LogP contribution in [0.2, 0.25) is 5.02 Å². The van der Waals surface area contributed by atoms with Crippen LogP contribution in [-0.2, 0) is 16.1 Å². The highest BCUT2D eigenvalue weighted by Crippen LogP contribution is 2.30. The molecule has 0 aromatic heterocycles. The molecule has 0 radical (unpaired) electrons. The first kappa shape index (κ1) is 11.4. The van der Waals surface area contributed by atoms with E-state index in [1.54, 1.807) is 0 Å². The molecule has 1 unspecified atom stereocenters. The van der Waals surface area contributed by atoms with Gasteiger partial charge in [0.1, 0.15) is 0 Å². The lowest BCUT2D eigenvalue weighted by atomic mass is 9.90. The lowest BCUT2D eigenvalue weighted by Crippen LogP contribution is -2.34. The number of benzene rings is 1. The number of carbonyl (C=O) groups is 1. The quantitative estimate of drug-likeness (QED) is 0.703. The van der Waals surface area contributed by atoms with E-state index in [1.807, 2.05) is 25.2 Å². The molecule has 1 atom stereocenters. The maximum atomic E-state index is 11.7. The third-order valence-electron chi connectivity index (χ3n) is 2.90. The third-order valence-corrected chi connectivity index (χ3v) is 3.14. The van der Waals surface area contributed by atoms with Crippen LogP contribution in [0.3, 0.4) is 0 Å². The van der Waals surface area contributed by atoms with Crippen molar-refractivity contribution < 1.29 is 9.53 Å². The summed E-state index contributed by atoms with van der Waals surface area (Å²) >= 11 is 5.95. The average molecular weight is 240 g/mol. The van der Waals surface area contributed by atoms with E-state index < -0.39 is 0 Å². The van der Waals surface area contributed by atoms with Gasteiger partial charge in [0.05, 0.1) is 13.0 Å². The standard InChI is InChI=1S/C12H14ClNO2/c1-14-6-8-5-9(13)3-4-10(8)11(7-14)12(15)16-2/h3-5,11H,6-7H2,1-2H3. The SMILES string of the molecule is COC(=O)C1CN(C)Cc2cc(Cl)ccc21. The van der Waals surface area contributed by atoms with Crippen molar-refractivity contribution in [1.82, 2.24) is 4.90 Å². The molecule has 0 aliphatic carbocycles. The second-order valence-electron chi connectivity index (χ2n) is 4.12. The van der Waals surface area contributed by atoms with Crippen molar-refractivity contribution >= 4 is 17.6 Å². The molecule has 1 aliphatic heterocycles. The van der Waals surface area contributed by atoms with Crippen molar-refractivity contribution in [3.8, 4) is 0 Å². The normalized spacial score (nSPS) is 20.3. The van der Waals surface area contributed by atoms with Crippen LogP contribution < -0.4 is 0 Å². The van der Waals surface area contributed by atoms with E-state index in [9.17, 15) is 4.79 Å². The van der Waals surface area contributed by atoms with E-state index in [0.717, 1.165) is 17.7 Å². The van der Waals surface area contributed by atoms with Crippen LogP contribution in [0, 0.1) is 0 Å². The summed E-state index contributed by atoms with van der Waals surface area (Å²) in [5.41, 5.74) is 2.14. The molecule has 0 bridgehead atoms. The van der Waals surface area contributed by atoms with Crippen molar-refractivity contribution in [3.05, 3.63) is 34.3 Å². The molecule has 1 aliphatic rings. The molecule has 2 rings (SSSR count). The molecule has 3 nitrogen and oxygen atoms in total. The minimum Gasteiger partial charge on any atom is -0.469 e. The first-order valence-corrected chi connectivity index (χ1v) is 5.54. The van der Waals surface area contributed by atoms with Crippen LogP contribution in [0.1, 0.15) is 17.0 Å². The minimum atomic E-state index is -0.198. The molecular formula is C12H14ClNO2. The summed E-state index contributed by atoms with van der Waals surface area (Å²) in [4.78, 5) is 13.8. The minimum absolute atomic E-state index is 0.185. The second kappa shape index (κ2) is 4.44. The number of ether oxygens (including phenoxy) is 1. The van der Waals surface area contributed by atoms with Gasteiger partial charge in [0.25, 0.3) is 0 Å². The zero-order valence-electron chi connectivity index (χ0n) is 9.37. The number of carbonyl (C=O) groups excluding carboxylic acids is 1. The fraction of sp³-hybridized carbons (Fsp3) is 0.417. The number of hydrogen-bond donors (Lipinski definition) is 0. The number of hydrogen-bond acceptors (Lipinski definition) is 3. The van der Waals surface area contributed by atoms with Crippen LogP contribution in [0.4, 0.5) is 0 Å². The predicted molar refractivity (Wildman–Crippen MR) is 62.5 cm³/mol. The Morgan fingerprint density at radius 2 is 2.31 bits per heavy atom. The number of fused-ring (bicyclic) bond motifs is 1. The molecule has 1 aromatic carbocycles. The summed E-state index contributed by atoms with van der Waals surface area (Å²) in [6, 6.07) is 5.66. The Balaban J connectivity index is 2.41. The molecule has 1 heterocycles. The third kappa shape index (κ3) is 2.06. The molecule has 0 fully saturated rings. The van der Waals surface area contributed by atoms with E-state index in [-0.39, 0.29) is 11.9 Å². The molecule has 16 heavy (non-hydrogen) atoms. The highest BCUT2D eigenvalue weighted by atomic mass is 35.5. The van der Waals surface area contributed by atoms with Gasteiger partial charge in [-0.3, -0.25) is 4.79 Å². The zero-order chi connectivity index (χ0) is 11.7. The fourth-order valence-electron chi connectivity index (χ4n) is 2.16. The average Bonchev–Trinajstić information content (AvgIpc) is 2.26. The van der Waals surface area contributed by atoms with Crippen LogP contribution in [0.15, 0.2) is 18.2 Å².